The Kier molecular flexibility index (Phi) is 6.41. The molecule has 0 heterocycles. The van der Waals surface area contributed by atoms with Crippen LogP contribution >= 0.6 is 15.9 Å². The maximum Gasteiger partial charge on any atom is 0.251 e. The molecule has 0 fully saturated rings. The summed E-state index contributed by atoms with van der Waals surface area (Å²) in [6.45, 7) is 6.35. The third-order valence-corrected chi connectivity index (χ3v) is 3.55. The van der Waals surface area contributed by atoms with Crippen molar-refractivity contribution in [3.8, 4) is 0 Å². The van der Waals surface area contributed by atoms with Crippen molar-refractivity contribution in [1.29, 1.82) is 0 Å². The highest BCUT2D eigenvalue weighted by Crippen LogP contribution is 2.14. The molecule has 0 saturated heterocycles. The van der Waals surface area contributed by atoms with Gasteiger partial charge in [0.2, 0.25) is 0 Å². The Morgan fingerprint density at radius 2 is 1.83 bits per heavy atom. The summed E-state index contributed by atoms with van der Waals surface area (Å²) >= 11 is 3.40. The van der Waals surface area contributed by atoms with Gasteiger partial charge >= 0.3 is 0 Å². The van der Waals surface area contributed by atoms with Gasteiger partial charge < -0.3 is 5.32 Å². The van der Waals surface area contributed by atoms with Crippen LogP contribution in [0, 0.1) is 0 Å². The first-order valence-corrected chi connectivity index (χ1v) is 7.63. The van der Waals surface area contributed by atoms with Crippen LogP contribution in [0.15, 0.2) is 24.3 Å². The maximum absolute atomic E-state index is 12.0. The average molecular weight is 312 g/mol. The van der Waals surface area contributed by atoms with Gasteiger partial charge in [0.15, 0.2) is 0 Å². The number of hydrogen-bond acceptors (Lipinski definition) is 1. The van der Waals surface area contributed by atoms with E-state index in [1.54, 1.807) is 0 Å². The van der Waals surface area contributed by atoms with Gasteiger partial charge in [-0.1, -0.05) is 41.9 Å². The zero-order valence-electron chi connectivity index (χ0n) is 11.4. The van der Waals surface area contributed by atoms with Gasteiger partial charge in [0.25, 0.3) is 5.91 Å². The summed E-state index contributed by atoms with van der Waals surface area (Å²) in [7, 11) is 0. The van der Waals surface area contributed by atoms with Crippen LogP contribution in [0.3, 0.4) is 0 Å². The molecule has 1 N–H and O–H groups in total. The fraction of sp³-hybridized carbons (Fsp3) is 0.533. The summed E-state index contributed by atoms with van der Waals surface area (Å²) in [4.78, 5) is 12.0. The van der Waals surface area contributed by atoms with Crippen molar-refractivity contribution < 1.29 is 4.79 Å². The van der Waals surface area contributed by atoms with E-state index in [0.29, 0.717) is 5.92 Å². The molecule has 0 aliphatic carbocycles. The van der Waals surface area contributed by atoms with E-state index < -0.39 is 0 Å². The highest BCUT2D eigenvalue weighted by atomic mass is 79.9. The monoisotopic (exact) mass is 311 g/mol. The number of carbonyl (C=O) groups excluding carboxylic acids is 1. The normalized spacial score (nSPS) is 12.5. The number of halogens is 1. The average Bonchev–Trinajstić information content (AvgIpc) is 2.36. The molecule has 0 saturated carbocycles. The molecule has 0 aliphatic heterocycles. The van der Waals surface area contributed by atoms with Crippen molar-refractivity contribution in [2.24, 2.45) is 0 Å². The summed E-state index contributed by atoms with van der Waals surface area (Å²) in [6, 6.07) is 8.09. The smallest absolute Gasteiger partial charge is 0.251 e. The van der Waals surface area contributed by atoms with E-state index in [1.807, 2.05) is 31.2 Å². The topological polar surface area (TPSA) is 29.1 Å². The number of amides is 1. The second-order valence-electron chi connectivity index (χ2n) is 4.98. The third kappa shape index (κ3) is 4.81. The van der Waals surface area contributed by atoms with E-state index >= 15 is 0 Å². The molecule has 1 aromatic rings. The van der Waals surface area contributed by atoms with E-state index in [1.165, 1.54) is 5.56 Å². The summed E-state index contributed by atoms with van der Waals surface area (Å²) < 4.78 is 0. The first-order valence-electron chi connectivity index (χ1n) is 6.51. The molecule has 1 aromatic carbocycles. The second-order valence-corrected chi connectivity index (χ2v) is 5.78. The van der Waals surface area contributed by atoms with Crippen LogP contribution in [0.2, 0.25) is 0 Å². The van der Waals surface area contributed by atoms with E-state index in [-0.39, 0.29) is 11.9 Å². The Balaban J connectivity index is 2.56. The van der Waals surface area contributed by atoms with Gasteiger partial charge in [0.05, 0.1) is 0 Å². The quantitative estimate of drug-likeness (QED) is 0.787. The lowest BCUT2D eigenvalue weighted by Crippen LogP contribution is -2.32. The minimum absolute atomic E-state index is 0.0207. The van der Waals surface area contributed by atoms with Gasteiger partial charge in [-0.05, 0) is 43.4 Å². The molecule has 0 aromatic heterocycles. The SMILES string of the molecule is CC(CCCBr)NC(=O)c1ccc(C(C)C)cc1. The predicted octanol–water partition coefficient (Wildman–Crippen LogP) is 4.10. The lowest BCUT2D eigenvalue weighted by atomic mass is 10.0. The van der Waals surface area contributed by atoms with Gasteiger partial charge in [-0.3, -0.25) is 4.79 Å². The standard InChI is InChI=1S/C15H22BrNO/c1-11(2)13-6-8-14(9-7-13)15(18)17-12(3)5-4-10-16/h6-9,11-12H,4-5,10H2,1-3H3,(H,17,18). The number of benzene rings is 1. The fourth-order valence-electron chi connectivity index (χ4n) is 1.78. The van der Waals surface area contributed by atoms with E-state index in [2.05, 4.69) is 35.1 Å². The largest absolute Gasteiger partial charge is 0.350 e. The molecule has 1 unspecified atom stereocenters. The zero-order chi connectivity index (χ0) is 13.5. The molecular weight excluding hydrogens is 290 g/mol. The Labute approximate surface area is 118 Å². The number of carbonyl (C=O) groups is 1. The molecule has 2 nitrogen and oxygen atoms in total. The van der Waals surface area contributed by atoms with E-state index in [4.69, 9.17) is 0 Å². The minimum atomic E-state index is 0.0207. The number of hydrogen-bond donors (Lipinski definition) is 1. The maximum atomic E-state index is 12.0. The van der Waals surface area contributed by atoms with Crippen molar-refractivity contribution in [3.63, 3.8) is 0 Å². The summed E-state index contributed by atoms with van der Waals surface area (Å²) in [5.74, 6) is 0.521. The first-order chi connectivity index (χ1) is 8.54. The molecule has 0 radical (unpaired) electrons. The van der Waals surface area contributed by atoms with Crippen molar-refractivity contribution in [1.82, 2.24) is 5.32 Å². The van der Waals surface area contributed by atoms with Gasteiger partial charge in [0, 0.05) is 16.9 Å². The Morgan fingerprint density at radius 1 is 1.22 bits per heavy atom. The molecule has 1 rings (SSSR count). The Bertz CT molecular complexity index is 373. The summed E-state index contributed by atoms with van der Waals surface area (Å²) in [5.41, 5.74) is 2.00. The molecule has 1 amide bonds. The summed E-state index contributed by atoms with van der Waals surface area (Å²) in [6.07, 6.45) is 2.08. The van der Waals surface area contributed by atoms with Crippen molar-refractivity contribution in [2.75, 3.05) is 5.33 Å². The lowest BCUT2D eigenvalue weighted by molar-refractivity contribution is 0.0938. The predicted molar refractivity (Wildman–Crippen MR) is 80.5 cm³/mol. The van der Waals surface area contributed by atoms with Crippen molar-refractivity contribution in [2.45, 2.75) is 45.6 Å². The third-order valence-electron chi connectivity index (χ3n) is 2.99. The van der Waals surface area contributed by atoms with Crippen LogP contribution in [0.4, 0.5) is 0 Å². The number of rotatable bonds is 6. The fourth-order valence-corrected chi connectivity index (χ4v) is 2.11. The minimum Gasteiger partial charge on any atom is -0.350 e. The van der Waals surface area contributed by atoms with Gasteiger partial charge in [0.1, 0.15) is 0 Å². The molecule has 3 heteroatoms. The molecule has 0 bridgehead atoms. The Morgan fingerprint density at radius 3 is 2.33 bits per heavy atom. The first kappa shape index (κ1) is 15.2. The van der Waals surface area contributed by atoms with Crippen molar-refractivity contribution >= 4 is 21.8 Å². The molecule has 0 aliphatic rings. The zero-order valence-corrected chi connectivity index (χ0v) is 13.0. The van der Waals surface area contributed by atoms with Crippen LogP contribution < -0.4 is 5.32 Å². The van der Waals surface area contributed by atoms with Crippen LogP contribution in [-0.2, 0) is 0 Å². The van der Waals surface area contributed by atoms with Gasteiger partial charge in [-0.2, -0.15) is 0 Å². The molecular formula is C15H22BrNO. The van der Waals surface area contributed by atoms with Crippen LogP contribution in [-0.4, -0.2) is 17.3 Å². The van der Waals surface area contributed by atoms with E-state index in [9.17, 15) is 4.79 Å². The highest BCUT2D eigenvalue weighted by Gasteiger charge is 2.09. The molecule has 18 heavy (non-hydrogen) atoms. The van der Waals surface area contributed by atoms with Gasteiger partial charge in [-0.25, -0.2) is 0 Å². The molecule has 1 atom stereocenters. The number of nitrogens with one attached hydrogen (secondary N) is 1. The van der Waals surface area contributed by atoms with E-state index in [0.717, 1.165) is 23.7 Å². The summed E-state index contributed by atoms with van der Waals surface area (Å²) in [5, 5.41) is 4.00. The highest BCUT2D eigenvalue weighted by molar-refractivity contribution is 9.09. The van der Waals surface area contributed by atoms with Crippen LogP contribution in [0.1, 0.15) is 55.5 Å². The van der Waals surface area contributed by atoms with Gasteiger partial charge in [-0.15, -0.1) is 0 Å². The second kappa shape index (κ2) is 7.57. The molecule has 100 valence electrons. The van der Waals surface area contributed by atoms with Crippen molar-refractivity contribution in [3.05, 3.63) is 35.4 Å². The number of alkyl halides is 1. The molecule has 0 spiro atoms. The van der Waals surface area contributed by atoms with Crippen LogP contribution in [0.25, 0.3) is 0 Å². The Hall–Kier alpha value is -0.830. The lowest BCUT2D eigenvalue weighted by Gasteiger charge is -2.13. The van der Waals surface area contributed by atoms with Crippen LogP contribution in [0.5, 0.6) is 0 Å².